The van der Waals surface area contributed by atoms with Crippen LogP contribution in [-0.2, 0) is 0 Å². The Labute approximate surface area is 107 Å². The first-order valence-electron chi connectivity index (χ1n) is 7.57. The molecule has 0 amide bonds. The zero-order chi connectivity index (χ0) is 12.4. The standard InChI is InChI=1S/C15H30N2/c1-10-7-12(3-5-14(10)16)9-13-4-6-15(17)11(2)8-13/h10-15H,3-9,16-17H2,1-2H3/t10?,11?,12-,13?,14?,15-/m1/s1. The highest BCUT2D eigenvalue weighted by Crippen LogP contribution is 2.38. The van der Waals surface area contributed by atoms with Crippen LogP contribution in [0.3, 0.4) is 0 Å². The topological polar surface area (TPSA) is 52.0 Å². The Balaban J connectivity index is 1.78. The predicted octanol–water partition coefficient (Wildman–Crippen LogP) is 2.90. The number of rotatable bonds is 2. The largest absolute Gasteiger partial charge is 0.327 e. The molecule has 4 unspecified atom stereocenters. The van der Waals surface area contributed by atoms with E-state index in [0.717, 1.165) is 23.7 Å². The summed E-state index contributed by atoms with van der Waals surface area (Å²) >= 11 is 0. The Bertz CT molecular complexity index is 217. The van der Waals surface area contributed by atoms with Crippen molar-refractivity contribution >= 4 is 0 Å². The van der Waals surface area contributed by atoms with Gasteiger partial charge in [-0.25, -0.2) is 0 Å². The van der Waals surface area contributed by atoms with E-state index in [1.165, 1.54) is 44.9 Å². The molecule has 2 nitrogen and oxygen atoms in total. The van der Waals surface area contributed by atoms with E-state index >= 15 is 0 Å². The van der Waals surface area contributed by atoms with Crippen molar-refractivity contribution in [1.29, 1.82) is 0 Å². The molecule has 0 aromatic rings. The molecule has 100 valence electrons. The minimum absolute atomic E-state index is 0.463. The van der Waals surface area contributed by atoms with E-state index in [9.17, 15) is 0 Å². The molecular formula is C15H30N2. The molecule has 0 aromatic carbocycles. The fourth-order valence-electron chi connectivity index (χ4n) is 3.96. The maximum absolute atomic E-state index is 6.10. The summed E-state index contributed by atoms with van der Waals surface area (Å²) in [5, 5.41) is 0. The Morgan fingerprint density at radius 2 is 1.18 bits per heavy atom. The van der Waals surface area contributed by atoms with Crippen molar-refractivity contribution in [1.82, 2.24) is 0 Å². The third-order valence-corrected chi connectivity index (χ3v) is 5.36. The van der Waals surface area contributed by atoms with Gasteiger partial charge in [0.05, 0.1) is 0 Å². The molecule has 0 aliphatic heterocycles. The molecule has 0 spiro atoms. The fourth-order valence-corrected chi connectivity index (χ4v) is 3.96. The van der Waals surface area contributed by atoms with Crippen molar-refractivity contribution in [3.05, 3.63) is 0 Å². The van der Waals surface area contributed by atoms with Gasteiger partial charge in [-0.2, -0.15) is 0 Å². The SMILES string of the molecule is CC1C[C@H](CC2CC[C@@H](N)C(C)C2)CCC1N. The van der Waals surface area contributed by atoms with Gasteiger partial charge in [0.1, 0.15) is 0 Å². The molecule has 2 fully saturated rings. The number of hydrogen-bond acceptors (Lipinski definition) is 2. The van der Waals surface area contributed by atoms with E-state index in [4.69, 9.17) is 11.5 Å². The van der Waals surface area contributed by atoms with Gasteiger partial charge in [0, 0.05) is 12.1 Å². The summed E-state index contributed by atoms with van der Waals surface area (Å²) < 4.78 is 0. The summed E-state index contributed by atoms with van der Waals surface area (Å²) in [4.78, 5) is 0. The van der Waals surface area contributed by atoms with Crippen molar-refractivity contribution in [2.24, 2.45) is 35.1 Å². The minimum Gasteiger partial charge on any atom is -0.327 e. The van der Waals surface area contributed by atoms with Crippen LogP contribution in [0.1, 0.15) is 58.8 Å². The summed E-state index contributed by atoms with van der Waals surface area (Å²) in [6, 6.07) is 0.926. The van der Waals surface area contributed by atoms with Gasteiger partial charge < -0.3 is 11.5 Å². The van der Waals surface area contributed by atoms with Gasteiger partial charge in [-0.05, 0) is 68.6 Å². The number of nitrogens with two attached hydrogens (primary N) is 2. The van der Waals surface area contributed by atoms with Gasteiger partial charge in [0.25, 0.3) is 0 Å². The molecule has 2 saturated carbocycles. The van der Waals surface area contributed by atoms with Crippen molar-refractivity contribution in [2.75, 3.05) is 0 Å². The normalized spacial score (nSPS) is 48.0. The molecule has 2 aliphatic rings. The van der Waals surface area contributed by atoms with E-state index < -0.39 is 0 Å². The van der Waals surface area contributed by atoms with Gasteiger partial charge in [-0.15, -0.1) is 0 Å². The predicted molar refractivity (Wildman–Crippen MR) is 73.6 cm³/mol. The average Bonchev–Trinajstić information content (AvgIpc) is 2.29. The van der Waals surface area contributed by atoms with Crippen LogP contribution in [0.15, 0.2) is 0 Å². The summed E-state index contributed by atoms with van der Waals surface area (Å²) in [7, 11) is 0. The molecule has 0 bridgehead atoms. The smallest absolute Gasteiger partial charge is 0.00647 e. The first kappa shape index (κ1) is 13.4. The molecule has 6 atom stereocenters. The first-order valence-corrected chi connectivity index (χ1v) is 7.57. The number of hydrogen-bond donors (Lipinski definition) is 2. The van der Waals surface area contributed by atoms with Gasteiger partial charge in [0.15, 0.2) is 0 Å². The Kier molecular flexibility index (Phi) is 4.48. The van der Waals surface area contributed by atoms with Crippen LogP contribution in [-0.4, -0.2) is 12.1 Å². The van der Waals surface area contributed by atoms with Gasteiger partial charge in [-0.1, -0.05) is 13.8 Å². The lowest BCUT2D eigenvalue weighted by Crippen LogP contribution is -2.37. The van der Waals surface area contributed by atoms with Crippen molar-refractivity contribution in [2.45, 2.75) is 70.9 Å². The highest BCUT2D eigenvalue weighted by molar-refractivity contribution is 4.85. The third kappa shape index (κ3) is 3.45. The molecule has 4 N–H and O–H groups in total. The van der Waals surface area contributed by atoms with E-state index in [1.807, 2.05) is 0 Å². The van der Waals surface area contributed by atoms with E-state index in [1.54, 1.807) is 0 Å². The average molecular weight is 238 g/mol. The van der Waals surface area contributed by atoms with E-state index in [-0.39, 0.29) is 0 Å². The highest BCUT2D eigenvalue weighted by Gasteiger charge is 2.30. The van der Waals surface area contributed by atoms with Gasteiger partial charge >= 0.3 is 0 Å². The summed E-state index contributed by atoms with van der Waals surface area (Å²) in [6.45, 7) is 4.66. The van der Waals surface area contributed by atoms with Crippen molar-refractivity contribution in [3.8, 4) is 0 Å². The maximum atomic E-state index is 6.10. The van der Waals surface area contributed by atoms with Crippen molar-refractivity contribution in [3.63, 3.8) is 0 Å². The lowest BCUT2D eigenvalue weighted by Gasteiger charge is -2.37. The maximum Gasteiger partial charge on any atom is 0.00647 e. The van der Waals surface area contributed by atoms with Crippen LogP contribution in [0, 0.1) is 23.7 Å². The fraction of sp³-hybridized carbons (Fsp3) is 1.00. The van der Waals surface area contributed by atoms with Crippen LogP contribution < -0.4 is 11.5 Å². The lowest BCUT2D eigenvalue weighted by atomic mass is 9.71. The monoisotopic (exact) mass is 238 g/mol. The summed E-state index contributed by atoms with van der Waals surface area (Å²) in [6.07, 6.45) is 9.37. The Hall–Kier alpha value is -0.0800. The minimum atomic E-state index is 0.463. The van der Waals surface area contributed by atoms with Crippen LogP contribution in [0.4, 0.5) is 0 Å². The third-order valence-electron chi connectivity index (χ3n) is 5.36. The molecular weight excluding hydrogens is 208 g/mol. The molecule has 0 saturated heterocycles. The molecule has 0 aromatic heterocycles. The zero-order valence-electron chi connectivity index (χ0n) is 11.6. The quantitative estimate of drug-likeness (QED) is 0.777. The molecule has 0 radical (unpaired) electrons. The van der Waals surface area contributed by atoms with Crippen LogP contribution in [0.5, 0.6) is 0 Å². The van der Waals surface area contributed by atoms with E-state index in [2.05, 4.69) is 13.8 Å². The summed E-state index contributed by atoms with van der Waals surface area (Å²) in [5.41, 5.74) is 12.2. The second-order valence-electron chi connectivity index (χ2n) is 6.88. The Morgan fingerprint density at radius 3 is 1.53 bits per heavy atom. The lowest BCUT2D eigenvalue weighted by molar-refractivity contribution is 0.169. The van der Waals surface area contributed by atoms with Crippen molar-refractivity contribution < 1.29 is 0 Å². The second kappa shape index (κ2) is 5.71. The van der Waals surface area contributed by atoms with Crippen LogP contribution in [0.25, 0.3) is 0 Å². The van der Waals surface area contributed by atoms with E-state index in [0.29, 0.717) is 12.1 Å². The van der Waals surface area contributed by atoms with Gasteiger partial charge in [0.2, 0.25) is 0 Å². The van der Waals surface area contributed by atoms with Crippen LogP contribution in [0.2, 0.25) is 0 Å². The summed E-state index contributed by atoms with van der Waals surface area (Å²) in [5.74, 6) is 3.35. The molecule has 17 heavy (non-hydrogen) atoms. The van der Waals surface area contributed by atoms with Crippen LogP contribution >= 0.6 is 0 Å². The Morgan fingerprint density at radius 1 is 0.765 bits per heavy atom. The molecule has 2 heteroatoms. The van der Waals surface area contributed by atoms with Gasteiger partial charge in [-0.3, -0.25) is 0 Å². The highest BCUT2D eigenvalue weighted by atomic mass is 14.7. The molecule has 2 aliphatic carbocycles. The molecule has 2 rings (SSSR count). The molecule has 0 heterocycles. The first-order chi connectivity index (χ1) is 8.06. The second-order valence-corrected chi connectivity index (χ2v) is 6.88. The zero-order valence-corrected chi connectivity index (χ0v) is 11.6.